The predicted molar refractivity (Wildman–Crippen MR) is 108 cm³/mol. The molecule has 1 atom stereocenters. The third-order valence-corrected chi connectivity index (χ3v) is 5.54. The van der Waals surface area contributed by atoms with Gasteiger partial charge in [0.05, 0.1) is 24.3 Å². The molecule has 150 valence electrons. The van der Waals surface area contributed by atoms with Crippen molar-refractivity contribution in [2.75, 3.05) is 13.7 Å². The van der Waals surface area contributed by atoms with Crippen LogP contribution in [0.2, 0.25) is 5.02 Å². The highest BCUT2D eigenvalue weighted by Crippen LogP contribution is 2.47. The first-order chi connectivity index (χ1) is 13.2. The van der Waals surface area contributed by atoms with Gasteiger partial charge in [0.15, 0.2) is 5.78 Å². The van der Waals surface area contributed by atoms with E-state index in [1.807, 2.05) is 13.0 Å². The summed E-state index contributed by atoms with van der Waals surface area (Å²) in [7, 11) is 1.55. The molecule has 6 heteroatoms. The van der Waals surface area contributed by atoms with Crippen LogP contribution in [0.4, 0.5) is 0 Å². The van der Waals surface area contributed by atoms with Gasteiger partial charge < -0.3 is 14.8 Å². The monoisotopic (exact) mass is 403 g/mol. The molecule has 0 radical (unpaired) electrons. The number of benzene rings is 1. The van der Waals surface area contributed by atoms with Crippen LogP contribution in [0.25, 0.3) is 0 Å². The lowest BCUT2D eigenvalue weighted by Crippen LogP contribution is -2.38. The molecule has 0 aromatic heterocycles. The van der Waals surface area contributed by atoms with E-state index in [2.05, 4.69) is 19.2 Å². The van der Waals surface area contributed by atoms with E-state index in [0.717, 1.165) is 17.7 Å². The second-order valence-corrected chi connectivity index (χ2v) is 8.45. The molecule has 2 aliphatic rings. The molecule has 5 nitrogen and oxygen atoms in total. The van der Waals surface area contributed by atoms with Gasteiger partial charge in [0.2, 0.25) is 0 Å². The summed E-state index contributed by atoms with van der Waals surface area (Å²) >= 11 is 6.36. The van der Waals surface area contributed by atoms with E-state index >= 15 is 0 Å². The van der Waals surface area contributed by atoms with Crippen molar-refractivity contribution in [3.8, 4) is 5.75 Å². The topological polar surface area (TPSA) is 64.6 Å². The van der Waals surface area contributed by atoms with Crippen molar-refractivity contribution < 1.29 is 19.1 Å². The molecule has 1 aliphatic carbocycles. The minimum absolute atomic E-state index is 0.0463. The molecule has 0 saturated carbocycles. The van der Waals surface area contributed by atoms with E-state index in [0.29, 0.717) is 34.0 Å². The Balaban J connectivity index is 2.19. The molecule has 0 saturated heterocycles. The first kappa shape index (κ1) is 20.5. The summed E-state index contributed by atoms with van der Waals surface area (Å²) in [5.41, 5.74) is 3.31. The van der Waals surface area contributed by atoms with E-state index in [1.54, 1.807) is 26.2 Å². The number of carbonyl (C=O) groups is 2. The Morgan fingerprint density at radius 2 is 2.04 bits per heavy atom. The van der Waals surface area contributed by atoms with Gasteiger partial charge in [-0.1, -0.05) is 31.5 Å². The largest absolute Gasteiger partial charge is 0.495 e. The summed E-state index contributed by atoms with van der Waals surface area (Å²) in [6.07, 6.45) is 1.17. The minimum Gasteiger partial charge on any atom is -0.495 e. The summed E-state index contributed by atoms with van der Waals surface area (Å²) in [6, 6.07) is 5.38. The molecule has 1 aliphatic heterocycles. The van der Waals surface area contributed by atoms with E-state index in [9.17, 15) is 9.59 Å². The van der Waals surface area contributed by atoms with Crippen molar-refractivity contribution in [1.82, 2.24) is 5.32 Å². The van der Waals surface area contributed by atoms with Crippen LogP contribution in [-0.2, 0) is 14.3 Å². The van der Waals surface area contributed by atoms with Gasteiger partial charge in [-0.3, -0.25) is 4.79 Å². The fourth-order valence-corrected chi connectivity index (χ4v) is 4.38. The number of dihydropyridines is 1. The number of carbonyl (C=O) groups excluding carboxylic acids is 2. The molecule has 0 bridgehead atoms. The van der Waals surface area contributed by atoms with Crippen LogP contribution in [0.1, 0.15) is 52.0 Å². The molecule has 1 aromatic rings. The lowest BCUT2D eigenvalue weighted by Gasteiger charge is -2.39. The van der Waals surface area contributed by atoms with Crippen LogP contribution in [0, 0.1) is 5.41 Å². The first-order valence-corrected chi connectivity index (χ1v) is 9.81. The number of ether oxygens (including phenoxy) is 2. The van der Waals surface area contributed by atoms with E-state index in [-0.39, 0.29) is 17.8 Å². The van der Waals surface area contributed by atoms with Crippen LogP contribution in [-0.4, -0.2) is 25.5 Å². The number of halogens is 1. The average molecular weight is 404 g/mol. The number of ketones is 1. The maximum atomic E-state index is 13.1. The van der Waals surface area contributed by atoms with E-state index in [1.165, 1.54) is 0 Å². The highest BCUT2D eigenvalue weighted by molar-refractivity contribution is 6.32. The van der Waals surface area contributed by atoms with Crippen LogP contribution in [0.5, 0.6) is 5.75 Å². The van der Waals surface area contributed by atoms with Gasteiger partial charge >= 0.3 is 5.97 Å². The second-order valence-electron chi connectivity index (χ2n) is 8.04. The zero-order chi connectivity index (χ0) is 20.6. The number of hydrogen-bond donors (Lipinski definition) is 1. The summed E-state index contributed by atoms with van der Waals surface area (Å²) < 4.78 is 10.6. The van der Waals surface area contributed by atoms with Crippen molar-refractivity contribution in [3.63, 3.8) is 0 Å². The van der Waals surface area contributed by atoms with Gasteiger partial charge in [0, 0.05) is 29.3 Å². The van der Waals surface area contributed by atoms with E-state index < -0.39 is 11.9 Å². The highest BCUT2D eigenvalue weighted by Gasteiger charge is 2.43. The molecular formula is C22H26ClNO4. The van der Waals surface area contributed by atoms with Crippen molar-refractivity contribution in [2.24, 2.45) is 5.41 Å². The molecule has 0 unspecified atom stereocenters. The lowest BCUT2D eigenvalue weighted by molar-refractivity contribution is -0.138. The van der Waals surface area contributed by atoms with Crippen molar-refractivity contribution in [2.45, 2.75) is 46.5 Å². The number of hydrogen-bond acceptors (Lipinski definition) is 5. The minimum atomic E-state index is -0.512. The molecule has 1 heterocycles. The quantitative estimate of drug-likeness (QED) is 0.749. The van der Waals surface area contributed by atoms with Crippen LogP contribution < -0.4 is 10.1 Å². The Labute approximate surface area is 170 Å². The Morgan fingerprint density at radius 1 is 1.32 bits per heavy atom. The average Bonchev–Trinajstić information content (AvgIpc) is 2.59. The van der Waals surface area contributed by atoms with Gasteiger partial charge in [0.1, 0.15) is 5.75 Å². The van der Waals surface area contributed by atoms with Gasteiger partial charge in [-0.15, -0.1) is 0 Å². The molecule has 0 amide bonds. The highest BCUT2D eigenvalue weighted by atomic mass is 35.5. The third-order valence-electron chi connectivity index (χ3n) is 5.24. The number of rotatable bonds is 4. The Bertz CT molecular complexity index is 898. The van der Waals surface area contributed by atoms with Crippen molar-refractivity contribution >= 4 is 23.4 Å². The van der Waals surface area contributed by atoms with Gasteiger partial charge in [0.25, 0.3) is 0 Å². The molecular weight excluding hydrogens is 378 g/mol. The second kappa shape index (κ2) is 7.63. The summed E-state index contributed by atoms with van der Waals surface area (Å²) in [6.45, 7) is 8.03. The third kappa shape index (κ3) is 3.68. The maximum Gasteiger partial charge on any atom is 0.336 e. The van der Waals surface area contributed by atoms with Gasteiger partial charge in [-0.05, 0) is 43.4 Å². The number of esters is 1. The Hall–Kier alpha value is -2.27. The molecule has 3 rings (SSSR count). The molecule has 0 fully saturated rings. The fraction of sp³-hybridized carbons (Fsp3) is 0.455. The summed E-state index contributed by atoms with van der Waals surface area (Å²) in [5.74, 6) is -0.344. The standard InChI is InChI=1S/C22H26ClNO4/c1-6-28-21(26)18-12(2)24-15-10-22(3,4)11-16(25)20(15)19(18)13-7-8-17(27-5)14(23)9-13/h7-9,19,24H,6,10-11H2,1-5H3/t19-/m1/s1. The molecule has 1 N–H and O–H groups in total. The zero-order valence-electron chi connectivity index (χ0n) is 16.9. The van der Waals surface area contributed by atoms with Crippen molar-refractivity contribution in [3.05, 3.63) is 51.3 Å². The Morgan fingerprint density at radius 3 is 2.64 bits per heavy atom. The zero-order valence-corrected chi connectivity index (χ0v) is 17.7. The number of methoxy groups -OCH3 is 1. The van der Waals surface area contributed by atoms with E-state index in [4.69, 9.17) is 21.1 Å². The summed E-state index contributed by atoms with van der Waals surface area (Å²) in [5, 5.41) is 3.75. The smallest absolute Gasteiger partial charge is 0.336 e. The van der Waals surface area contributed by atoms with Gasteiger partial charge in [-0.25, -0.2) is 4.79 Å². The number of Topliss-reactive ketones (excluding diaryl/α,β-unsaturated/α-hetero) is 1. The molecule has 0 spiro atoms. The molecule has 28 heavy (non-hydrogen) atoms. The van der Waals surface area contributed by atoms with Gasteiger partial charge in [-0.2, -0.15) is 0 Å². The van der Waals surface area contributed by atoms with Crippen molar-refractivity contribution in [1.29, 1.82) is 0 Å². The number of nitrogens with one attached hydrogen (secondary N) is 1. The fourth-order valence-electron chi connectivity index (χ4n) is 4.11. The summed E-state index contributed by atoms with van der Waals surface area (Å²) in [4.78, 5) is 25.9. The first-order valence-electron chi connectivity index (χ1n) is 9.43. The lowest BCUT2D eigenvalue weighted by atomic mass is 9.68. The van der Waals surface area contributed by atoms with Crippen LogP contribution >= 0.6 is 11.6 Å². The van der Waals surface area contributed by atoms with Crippen LogP contribution in [0.3, 0.4) is 0 Å². The Kier molecular flexibility index (Phi) is 5.57. The van der Waals surface area contributed by atoms with Crippen LogP contribution in [0.15, 0.2) is 40.7 Å². The molecule has 1 aromatic carbocycles. The SMILES string of the molecule is CCOC(=O)C1=C(C)NC2=C(C(=O)CC(C)(C)C2)[C@@H]1c1ccc(OC)c(Cl)c1. The predicted octanol–water partition coefficient (Wildman–Crippen LogP) is 4.52. The number of allylic oxidation sites excluding steroid dienone is 3. The maximum absolute atomic E-state index is 13.1. The normalized spacial score (nSPS) is 21.2.